The lowest BCUT2D eigenvalue weighted by molar-refractivity contribution is -0.123. The average Bonchev–Trinajstić information content (AvgIpc) is 2.95. The summed E-state index contributed by atoms with van der Waals surface area (Å²) in [5.41, 5.74) is -0.563. The average molecular weight is 374 g/mol. The zero-order valence-corrected chi connectivity index (χ0v) is 15.1. The molecule has 2 amide bonds. The van der Waals surface area contributed by atoms with Crippen molar-refractivity contribution in [3.8, 4) is 0 Å². The van der Waals surface area contributed by atoms with E-state index in [0.29, 0.717) is 0 Å². The van der Waals surface area contributed by atoms with Crippen LogP contribution in [-0.2, 0) is 9.59 Å². The molecule has 3 rings (SSSR count). The number of rotatable bonds is 5. The number of benzene rings is 1. The number of nitrogens with zero attached hydrogens (tertiary/aromatic N) is 2. The SMILES string of the molecule is CCC1CCCCN1C1CC(=O)N(c2cc(C(=O)O)cc(C(=O)O)c2)C1=O. The number of hydrogen-bond donors (Lipinski definition) is 2. The maximum atomic E-state index is 13.0. The molecular weight excluding hydrogens is 352 g/mol. The Labute approximate surface area is 156 Å². The van der Waals surface area contributed by atoms with Crippen LogP contribution in [0.25, 0.3) is 0 Å². The first-order valence-corrected chi connectivity index (χ1v) is 9.07. The monoisotopic (exact) mass is 374 g/mol. The predicted molar refractivity (Wildman–Crippen MR) is 95.9 cm³/mol. The molecule has 0 radical (unpaired) electrons. The molecule has 0 spiro atoms. The van der Waals surface area contributed by atoms with Gasteiger partial charge in [0.25, 0.3) is 5.91 Å². The van der Waals surface area contributed by atoms with Gasteiger partial charge in [0, 0.05) is 6.04 Å². The fraction of sp³-hybridized carbons (Fsp3) is 0.474. The van der Waals surface area contributed by atoms with Crippen LogP contribution in [0.2, 0.25) is 0 Å². The molecule has 0 bridgehead atoms. The topological polar surface area (TPSA) is 115 Å². The molecule has 2 aliphatic heterocycles. The highest BCUT2D eigenvalue weighted by atomic mass is 16.4. The largest absolute Gasteiger partial charge is 0.478 e. The maximum absolute atomic E-state index is 13.0. The number of piperidine rings is 1. The number of carboxylic acid groups (broad SMARTS) is 2. The summed E-state index contributed by atoms with van der Waals surface area (Å²) >= 11 is 0. The number of likely N-dealkylation sites (tertiary alicyclic amines) is 1. The Morgan fingerprint density at radius 2 is 1.70 bits per heavy atom. The van der Waals surface area contributed by atoms with Gasteiger partial charge in [-0.2, -0.15) is 0 Å². The highest BCUT2D eigenvalue weighted by Crippen LogP contribution is 2.31. The standard InChI is InChI=1S/C19H22N2O6/c1-2-13-5-3-4-6-20(13)15-10-16(22)21(17(15)23)14-8-11(18(24)25)7-12(9-14)19(26)27/h7-9,13,15H,2-6,10H2,1H3,(H,24,25)(H,26,27). The van der Waals surface area contributed by atoms with Crippen LogP contribution in [-0.4, -0.2) is 57.5 Å². The third-order valence-corrected chi connectivity index (χ3v) is 5.34. The fourth-order valence-electron chi connectivity index (χ4n) is 4.01. The molecule has 8 heteroatoms. The van der Waals surface area contributed by atoms with Crippen molar-refractivity contribution < 1.29 is 29.4 Å². The number of carbonyl (C=O) groups is 4. The molecule has 2 heterocycles. The van der Waals surface area contributed by atoms with Crippen LogP contribution in [0.15, 0.2) is 18.2 Å². The van der Waals surface area contributed by atoms with E-state index in [1.54, 1.807) is 0 Å². The van der Waals surface area contributed by atoms with E-state index in [0.717, 1.165) is 43.2 Å². The molecule has 0 aromatic heterocycles. The summed E-state index contributed by atoms with van der Waals surface area (Å²) in [6.45, 7) is 2.79. The Morgan fingerprint density at radius 3 is 2.26 bits per heavy atom. The summed E-state index contributed by atoms with van der Waals surface area (Å²) in [6.07, 6.45) is 3.94. The van der Waals surface area contributed by atoms with E-state index >= 15 is 0 Å². The van der Waals surface area contributed by atoms with Crippen molar-refractivity contribution in [3.05, 3.63) is 29.3 Å². The summed E-state index contributed by atoms with van der Waals surface area (Å²) in [5, 5.41) is 18.4. The Hall–Kier alpha value is -2.74. The van der Waals surface area contributed by atoms with E-state index in [1.165, 1.54) is 12.1 Å². The molecule has 2 N–H and O–H groups in total. The summed E-state index contributed by atoms with van der Waals surface area (Å²) in [4.78, 5) is 51.2. The smallest absolute Gasteiger partial charge is 0.335 e. The zero-order chi connectivity index (χ0) is 19.7. The van der Waals surface area contributed by atoms with Gasteiger partial charge in [-0.3, -0.25) is 14.5 Å². The minimum atomic E-state index is -1.32. The van der Waals surface area contributed by atoms with Crippen molar-refractivity contribution >= 4 is 29.4 Å². The van der Waals surface area contributed by atoms with Crippen molar-refractivity contribution in [2.45, 2.75) is 51.1 Å². The second kappa shape index (κ2) is 7.48. The molecule has 1 aromatic carbocycles. The molecule has 2 unspecified atom stereocenters. The number of carbonyl (C=O) groups excluding carboxylic acids is 2. The predicted octanol–water partition coefficient (Wildman–Crippen LogP) is 1.98. The van der Waals surface area contributed by atoms with Crippen LogP contribution < -0.4 is 4.90 Å². The van der Waals surface area contributed by atoms with Crippen molar-refractivity contribution in [2.24, 2.45) is 0 Å². The van der Waals surface area contributed by atoms with Crippen LogP contribution >= 0.6 is 0 Å². The lowest BCUT2D eigenvalue weighted by Crippen LogP contribution is -2.49. The maximum Gasteiger partial charge on any atom is 0.335 e. The van der Waals surface area contributed by atoms with E-state index in [1.807, 2.05) is 0 Å². The Kier molecular flexibility index (Phi) is 5.27. The third kappa shape index (κ3) is 3.57. The van der Waals surface area contributed by atoms with E-state index in [4.69, 9.17) is 0 Å². The number of imide groups is 1. The molecule has 27 heavy (non-hydrogen) atoms. The Balaban J connectivity index is 1.95. The minimum Gasteiger partial charge on any atom is -0.478 e. The Morgan fingerprint density at radius 1 is 1.07 bits per heavy atom. The highest BCUT2D eigenvalue weighted by Gasteiger charge is 2.45. The van der Waals surface area contributed by atoms with Gasteiger partial charge in [0.1, 0.15) is 0 Å². The zero-order valence-electron chi connectivity index (χ0n) is 15.1. The van der Waals surface area contributed by atoms with Crippen LogP contribution in [0.5, 0.6) is 0 Å². The Bertz CT molecular complexity index is 773. The molecule has 8 nitrogen and oxygen atoms in total. The molecule has 2 saturated heterocycles. The minimum absolute atomic E-state index is 0.00476. The van der Waals surface area contributed by atoms with Gasteiger partial charge in [-0.15, -0.1) is 0 Å². The van der Waals surface area contributed by atoms with Gasteiger partial charge in [0.2, 0.25) is 5.91 Å². The van der Waals surface area contributed by atoms with Crippen LogP contribution in [0.3, 0.4) is 0 Å². The lowest BCUT2D eigenvalue weighted by Gasteiger charge is -2.38. The number of amides is 2. The van der Waals surface area contributed by atoms with Gasteiger partial charge >= 0.3 is 11.9 Å². The first-order chi connectivity index (χ1) is 12.8. The fourth-order valence-corrected chi connectivity index (χ4v) is 4.01. The summed E-state index contributed by atoms with van der Waals surface area (Å²) < 4.78 is 0. The number of aromatic carboxylic acids is 2. The molecule has 2 aliphatic rings. The van der Waals surface area contributed by atoms with Gasteiger partial charge in [-0.1, -0.05) is 13.3 Å². The van der Waals surface area contributed by atoms with Crippen LogP contribution in [0.4, 0.5) is 5.69 Å². The van der Waals surface area contributed by atoms with E-state index in [2.05, 4.69) is 11.8 Å². The van der Waals surface area contributed by atoms with E-state index < -0.39 is 29.8 Å². The van der Waals surface area contributed by atoms with Gasteiger partial charge < -0.3 is 10.2 Å². The molecule has 144 valence electrons. The third-order valence-electron chi connectivity index (χ3n) is 5.34. The molecule has 2 fully saturated rings. The number of carboxylic acids is 2. The number of hydrogen-bond acceptors (Lipinski definition) is 5. The first-order valence-electron chi connectivity index (χ1n) is 9.07. The van der Waals surface area contributed by atoms with Crippen molar-refractivity contribution in [3.63, 3.8) is 0 Å². The van der Waals surface area contributed by atoms with Crippen LogP contribution in [0, 0.1) is 0 Å². The first kappa shape index (κ1) is 19.0. The summed E-state index contributed by atoms with van der Waals surface area (Å²) in [6, 6.07) is 3.00. The molecule has 1 aromatic rings. The highest BCUT2D eigenvalue weighted by molar-refractivity contribution is 6.23. The second-order valence-corrected chi connectivity index (χ2v) is 6.96. The van der Waals surface area contributed by atoms with Crippen LogP contribution in [0.1, 0.15) is 59.7 Å². The molecule has 0 aliphatic carbocycles. The molecular formula is C19H22N2O6. The number of anilines is 1. The summed E-state index contributed by atoms with van der Waals surface area (Å²) in [7, 11) is 0. The normalized spacial score (nSPS) is 23.7. The second-order valence-electron chi connectivity index (χ2n) is 6.96. The van der Waals surface area contributed by atoms with Gasteiger partial charge in [0.15, 0.2) is 0 Å². The quantitative estimate of drug-likeness (QED) is 0.757. The van der Waals surface area contributed by atoms with Crippen molar-refractivity contribution in [2.75, 3.05) is 11.4 Å². The molecule has 2 atom stereocenters. The summed E-state index contributed by atoms with van der Waals surface area (Å²) in [5.74, 6) is -3.50. The van der Waals surface area contributed by atoms with Crippen molar-refractivity contribution in [1.82, 2.24) is 4.90 Å². The van der Waals surface area contributed by atoms with E-state index in [9.17, 15) is 29.4 Å². The van der Waals surface area contributed by atoms with Gasteiger partial charge in [0.05, 0.1) is 29.3 Å². The van der Waals surface area contributed by atoms with Gasteiger partial charge in [-0.25, -0.2) is 14.5 Å². The lowest BCUT2D eigenvalue weighted by atomic mass is 9.97. The van der Waals surface area contributed by atoms with Crippen molar-refractivity contribution in [1.29, 1.82) is 0 Å². The van der Waals surface area contributed by atoms with E-state index in [-0.39, 0.29) is 29.3 Å². The van der Waals surface area contributed by atoms with Gasteiger partial charge in [-0.05, 0) is 44.0 Å². The molecule has 0 saturated carbocycles.